The van der Waals surface area contributed by atoms with Gasteiger partial charge in [0, 0.05) is 19.2 Å². The Morgan fingerprint density at radius 1 is 1.48 bits per heavy atom. The maximum absolute atomic E-state index is 13.9. The lowest BCUT2D eigenvalue weighted by molar-refractivity contribution is 0.0812. The average Bonchev–Trinajstić information content (AvgIpc) is 2.75. The number of fused-ring (bicyclic) bond motifs is 3. The number of anilines is 1. The molecule has 3 rings (SSSR count). The molecule has 0 aliphatic carbocycles. The second kappa shape index (κ2) is 8.79. The van der Waals surface area contributed by atoms with Crippen molar-refractivity contribution in [2.45, 2.75) is 26.3 Å². The molecule has 1 unspecified atom stereocenters. The zero-order valence-electron chi connectivity index (χ0n) is 17.4. The lowest BCUT2D eigenvalue weighted by atomic mass is 10.0. The van der Waals surface area contributed by atoms with Crippen LogP contribution in [-0.2, 0) is 0 Å². The van der Waals surface area contributed by atoms with Crippen LogP contribution in [0.15, 0.2) is 35.1 Å². The number of benzene rings is 1. The van der Waals surface area contributed by atoms with Gasteiger partial charge < -0.3 is 21.1 Å². The lowest BCUT2D eigenvalue weighted by Crippen LogP contribution is -2.34. The molecule has 9 nitrogen and oxygen atoms in total. The summed E-state index contributed by atoms with van der Waals surface area (Å²) in [5, 5.41) is 9.50. The van der Waals surface area contributed by atoms with Gasteiger partial charge in [0.15, 0.2) is 5.82 Å². The number of nitrogens with two attached hydrogens (primary N) is 2. The number of aromatic nitrogens is 2. The molecule has 0 radical (unpaired) electrons. The summed E-state index contributed by atoms with van der Waals surface area (Å²) in [6.45, 7) is 3.89. The first-order chi connectivity index (χ1) is 14.7. The minimum atomic E-state index is -0.597. The van der Waals surface area contributed by atoms with E-state index in [-0.39, 0.29) is 52.6 Å². The second-order valence-corrected chi connectivity index (χ2v) is 7.08. The highest BCUT2D eigenvalue weighted by atomic mass is 19.1. The summed E-state index contributed by atoms with van der Waals surface area (Å²) < 4.78 is 19.6. The van der Waals surface area contributed by atoms with Crippen LogP contribution in [0, 0.1) is 17.1 Å². The van der Waals surface area contributed by atoms with E-state index in [1.165, 1.54) is 17.2 Å². The Kier molecular flexibility index (Phi) is 6.15. The van der Waals surface area contributed by atoms with Crippen molar-refractivity contribution in [2.75, 3.05) is 19.3 Å². The average molecular weight is 423 g/mol. The van der Waals surface area contributed by atoms with E-state index in [1.54, 1.807) is 7.05 Å². The van der Waals surface area contributed by atoms with Crippen LogP contribution in [0.5, 0.6) is 11.6 Å². The molecule has 0 saturated heterocycles. The molecular formula is C21H22FN7O2. The van der Waals surface area contributed by atoms with Crippen LogP contribution >= 0.6 is 0 Å². The minimum Gasteiger partial charge on any atom is -0.435 e. The van der Waals surface area contributed by atoms with E-state index >= 15 is 0 Å². The number of nitrogens with zero attached hydrogens (tertiary/aromatic N) is 5. The number of aliphatic imine (C=N–C) groups is 1. The molecule has 2 heterocycles. The maximum Gasteiger partial charge on any atom is 0.263 e. The summed E-state index contributed by atoms with van der Waals surface area (Å²) in [5.41, 5.74) is 12.7. The minimum absolute atomic E-state index is 0.0269. The Balaban J connectivity index is 2.33. The fourth-order valence-corrected chi connectivity index (χ4v) is 2.98. The van der Waals surface area contributed by atoms with Crippen LogP contribution < -0.4 is 16.2 Å². The van der Waals surface area contributed by atoms with E-state index in [2.05, 4.69) is 15.0 Å². The van der Waals surface area contributed by atoms with Crippen molar-refractivity contribution in [3.05, 3.63) is 47.2 Å². The molecule has 1 amide bonds. The molecule has 31 heavy (non-hydrogen) atoms. The monoisotopic (exact) mass is 423 g/mol. The maximum atomic E-state index is 13.9. The number of halogens is 1. The third-order valence-corrected chi connectivity index (χ3v) is 4.78. The normalized spacial score (nSPS) is 17.8. The van der Waals surface area contributed by atoms with Gasteiger partial charge in [0.25, 0.3) is 11.8 Å². The van der Waals surface area contributed by atoms with Gasteiger partial charge in [-0.1, -0.05) is 6.92 Å². The van der Waals surface area contributed by atoms with Crippen molar-refractivity contribution in [3.63, 3.8) is 0 Å². The Hall–Kier alpha value is -4.00. The third-order valence-electron chi connectivity index (χ3n) is 4.78. The molecule has 1 aromatic heterocycles. The van der Waals surface area contributed by atoms with Crippen molar-refractivity contribution in [2.24, 2.45) is 10.7 Å². The van der Waals surface area contributed by atoms with E-state index in [0.29, 0.717) is 5.71 Å². The summed E-state index contributed by atoms with van der Waals surface area (Å²) in [4.78, 5) is 27.6. The third kappa shape index (κ3) is 4.45. The van der Waals surface area contributed by atoms with E-state index in [1.807, 2.05) is 19.9 Å². The molecule has 4 N–H and O–H groups in total. The van der Waals surface area contributed by atoms with Gasteiger partial charge in [0.2, 0.25) is 0 Å². The van der Waals surface area contributed by atoms with Gasteiger partial charge in [-0.25, -0.2) is 14.4 Å². The number of allylic oxidation sites excluding steroid dienone is 1. The molecular weight excluding hydrogens is 401 g/mol. The molecule has 2 bridgehead atoms. The van der Waals surface area contributed by atoms with Gasteiger partial charge in [-0.2, -0.15) is 5.26 Å². The molecule has 0 fully saturated rings. The predicted molar refractivity (Wildman–Crippen MR) is 114 cm³/mol. The second-order valence-electron chi connectivity index (χ2n) is 7.08. The Morgan fingerprint density at radius 2 is 2.23 bits per heavy atom. The Bertz CT molecular complexity index is 1140. The smallest absolute Gasteiger partial charge is 0.263 e. The highest BCUT2D eigenvalue weighted by Crippen LogP contribution is 2.31. The van der Waals surface area contributed by atoms with E-state index in [4.69, 9.17) is 16.2 Å². The SMILES string of the molecule is CCC(C)N=C1CN(C)C(=O)c2ccc(F)cc2Oc2nc(cnc2N)C1=C(N)C#N. The zero-order valence-corrected chi connectivity index (χ0v) is 17.4. The topological polar surface area (TPSA) is 144 Å². The van der Waals surface area contributed by atoms with Gasteiger partial charge in [0.05, 0.1) is 35.3 Å². The van der Waals surface area contributed by atoms with E-state index < -0.39 is 11.7 Å². The van der Waals surface area contributed by atoms with Crippen molar-refractivity contribution in [1.29, 1.82) is 5.26 Å². The van der Waals surface area contributed by atoms with Gasteiger partial charge in [-0.3, -0.25) is 9.79 Å². The highest BCUT2D eigenvalue weighted by molar-refractivity contribution is 6.26. The molecule has 1 aliphatic rings. The van der Waals surface area contributed by atoms with Crippen LogP contribution in [0.1, 0.15) is 36.3 Å². The summed E-state index contributed by atoms with van der Waals surface area (Å²) in [5.74, 6) is -1.32. The first kappa shape index (κ1) is 21.7. The summed E-state index contributed by atoms with van der Waals surface area (Å²) in [6, 6.07) is 5.36. The van der Waals surface area contributed by atoms with Crippen molar-refractivity contribution in [1.82, 2.24) is 14.9 Å². The first-order valence-electron chi connectivity index (χ1n) is 9.57. The molecule has 1 aromatic carbocycles. The number of hydrogen-bond acceptors (Lipinski definition) is 8. The highest BCUT2D eigenvalue weighted by Gasteiger charge is 2.26. The van der Waals surface area contributed by atoms with Gasteiger partial charge >= 0.3 is 0 Å². The lowest BCUT2D eigenvalue weighted by Gasteiger charge is -2.21. The van der Waals surface area contributed by atoms with Crippen LogP contribution in [0.2, 0.25) is 0 Å². The number of carbonyl (C=O) groups is 1. The molecule has 160 valence electrons. The van der Waals surface area contributed by atoms with Crippen molar-refractivity contribution >= 4 is 23.0 Å². The molecule has 0 spiro atoms. The number of rotatable bonds is 2. The molecule has 1 atom stereocenters. The van der Waals surface area contributed by atoms with Gasteiger partial charge in [-0.05, 0) is 25.5 Å². The van der Waals surface area contributed by atoms with E-state index in [0.717, 1.165) is 18.6 Å². The molecule has 0 saturated carbocycles. The zero-order chi connectivity index (χ0) is 22.7. The van der Waals surface area contributed by atoms with Crippen molar-refractivity contribution in [3.8, 4) is 17.7 Å². The quantitative estimate of drug-likeness (QED) is 0.706. The summed E-state index contributed by atoms with van der Waals surface area (Å²) in [7, 11) is 1.56. The van der Waals surface area contributed by atoms with Gasteiger partial charge in [-0.15, -0.1) is 0 Å². The van der Waals surface area contributed by atoms with Crippen LogP contribution in [0.3, 0.4) is 0 Å². The largest absolute Gasteiger partial charge is 0.435 e. The van der Waals surface area contributed by atoms with Crippen LogP contribution in [0.4, 0.5) is 10.2 Å². The molecule has 1 aliphatic heterocycles. The number of carbonyl (C=O) groups excluding carboxylic acids is 1. The first-order valence-corrected chi connectivity index (χ1v) is 9.57. The summed E-state index contributed by atoms with van der Waals surface area (Å²) in [6.07, 6.45) is 2.07. The fourth-order valence-electron chi connectivity index (χ4n) is 2.98. The standard InChI is InChI=1S/C21H22FN7O2/c1-4-11(2)27-16-10-29(3)21(30)13-6-5-12(22)7-17(13)31-20-19(25)26-9-15(28-20)18(16)14(24)8-23/h5-7,9,11H,4,10,24H2,1-3H3,(H2,25,26). The number of hydrogen-bond donors (Lipinski definition) is 2. The Morgan fingerprint density at radius 3 is 2.90 bits per heavy atom. The van der Waals surface area contributed by atoms with Crippen LogP contribution in [0.25, 0.3) is 5.57 Å². The van der Waals surface area contributed by atoms with Crippen molar-refractivity contribution < 1.29 is 13.9 Å². The Labute approximate surface area is 178 Å². The molecule has 10 heteroatoms. The predicted octanol–water partition coefficient (Wildman–Crippen LogP) is 2.51. The van der Waals surface area contributed by atoms with E-state index in [9.17, 15) is 14.4 Å². The van der Waals surface area contributed by atoms with Crippen LogP contribution in [-0.4, -0.2) is 46.1 Å². The number of nitrogen functional groups attached to an aromatic ring is 1. The number of amides is 1. The molecule has 2 aromatic rings. The van der Waals surface area contributed by atoms with Gasteiger partial charge in [0.1, 0.15) is 23.3 Å². The summed E-state index contributed by atoms with van der Waals surface area (Å²) >= 11 is 0. The fraction of sp³-hybridized carbons (Fsp3) is 0.286. The number of nitriles is 1. The number of ether oxygens (including phenoxy) is 1.